The van der Waals surface area contributed by atoms with Gasteiger partial charge in [-0.15, -0.1) is 0 Å². The molecule has 0 saturated heterocycles. The molecule has 0 aliphatic heterocycles. The first-order valence-corrected chi connectivity index (χ1v) is 11.1. The van der Waals surface area contributed by atoms with Gasteiger partial charge in [0.05, 0.1) is 10.3 Å². The highest BCUT2D eigenvalue weighted by molar-refractivity contribution is 8.07. The van der Waals surface area contributed by atoms with Gasteiger partial charge in [0, 0.05) is 98.5 Å². The monoisotopic (exact) mass is 442 g/mol. The third-order valence-electron chi connectivity index (χ3n) is 4.90. The fourth-order valence-electron chi connectivity index (χ4n) is 3.08. The van der Waals surface area contributed by atoms with Crippen molar-refractivity contribution in [2.24, 2.45) is 0 Å². The largest absolute Gasteiger partial charge is 0.382 e. The van der Waals surface area contributed by atoms with E-state index in [2.05, 4.69) is 29.5 Å². The van der Waals surface area contributed by atoms with Gasteiger partial charge in [-0.3, -0.25) is 0 Å². The number of fused-ring (bicyclic) bond motifs is 1. The van der Waals surface area contributed by atoms with Crippen molar-refractivity contribution in [3.8, 4) is 6.07 Å². The van der Waals surface area contributed by atoms with Crippen molar-refractivity contribution in [1.82, 2.24) is 4.37 Å². The van der Waals surface area contributed by atoms with Crippen LogP contribution in [0.5, 0.6) is 0 Å². The SMILES string of the molecule is Cc1ccc(F)c(C#N)c1.Cc1ccc2snc(N)c2c1.[B][B]B(B([B])[B])B(B([B])[B])B([B])[B]. The average molecular weight is 440 g/mol. The van der Waals surface area contributed by atoms with Crippen LogP contribution in [0.3, 0.4) is 0 Å². The molecule has 0 bridgehead atoms. The van der Waals surface area contributed by atoms with Gasteiger partial charge in [-0.05, 0) is 55.2 Å². The molecule has 3 nitrogen and oxygen atoms in total. The molecule has 0 amide bonds. The second kappa shape index (κ2) is 14.7. The van der Waals surface area contributed by atoms with Crippen molar-refractivity contribution in [2.75, 3.05) is 5.73 Å². The molecule has 0 atom stereocenters. The van der Waals surface area contributed by atoms with E-state index in [0.717, 1.165) is 15.6 Å². The zero-order valence-corrected chi connectivity index (χ0v) is 20.0. The molecule has 3 rings (SSSR count). The molecule has 15 radical (unpaired) electrons. The molecular formula is C16H14B13FN3S. The van der Waals surface area contributed by atoms with Crippen LogP contribution in [0.4, 0.5) is 10.2 Å². The predicted molar refractivity (Wildman–Crippen MR) is 159 cm³/mol. The maximum atomic E-state index is 12.5. The number of benzene rings is 2. The molecule has 34 heavy (non-hydrogen) atoms. The van der Waals surface area contributed by atoms with Crippen molar-refractivity contribution in [1.29, 1.82) is 5.26 Å². The summed E-state index contributed by atoms with van der Waals surface area (Å²) in [5.74, 6) is 0.196. The van der Waals surface area contributed by atoms with E-state index in [4.69, 9.17) is 65.2 Å². The highest BCUT2D eigenvalue weighted by Gasteiger charge is 2.32. The van der Waals surface area contributed by atoms with Gasteiger partial charge in [0.2, 0.25) is 0 Å². The van der Waals surface area contributed by atoms with Crippen LogP contribution < -0.4 is 5.73 Å². The Morgan fingerprint density at radius 3 is 1.97 bits per heavy atom. The number of anilines is 1. The van der Waals surface area contributed by atoms with E-state index in [1.54, 1.807) is 12.1 Å². The molecule has 0 aliphatic carbocycles. The van der Waals surface area contributed by atoms with E-state index in [1.807, 2.05) is 6.92 Å². The van der Waals surface area contributed by atoms with Gasteiger partial charge in [0.25, 0.3) is 0 Å². The maximum absolute atomic E-state index is 12.5. The van der Waals surface area contributed by atoms with Crippen molar-refractivity contribution < 1.29 is 4.39 Å². The van der Waals surface area contributed by atoms with Gasteiger partial charge in [0.1, 0.15) is 17.7 Å². The second-order valence-corrected chi connectivity index (χ2v) is 8.55. The molecule has 0 unspecified atom stereocenters. The Morgan fingerprint density at radius 2 is 1.53 bits per heavy atom. The van der Waals surface area contributed by atoms with Crippen LogP contribution in [-0.4, -0.2) is 97.5 Å². The van der Waals surface area contributed by atoms with Gasteiger partial charge in [0.15, 0.2) is 0 Å². The van der Waals surface area contributed by atoms with Crippen LogP contribution in [0.2, 0.25) is 0 Å². The smallest absolute Gasteiger partial charge is 0.144 e. The molecule has 1 heterocycles. The lowest BCUT2D eigenvalue weighted by Gasteiger charge is -2.31. The first kappa shape index (κ1) is 30.4. The molecule has 0 aliphatic rings. The van der Waals surface area contributed by atoms with Gasteiger partial charge in [-0.1, -0.05) is 17.7 Å². The van der Waals surface area contributed by atoms with E-state index in [9.17, 15) is 4.39 Å². The number of nitrogen functional groups attached to an aromatic ring is 1. The molecule has 1 aromatic heterocycles. The summed E-state index contributed by atoms with van der Waals surface area (Å²) in [4.78, 5) is 0. The van der Waals surface area contributed by atoms with Crippen LogP contribution in [0.1, 0.15) is 16.7 Å². The van der Waals surface area contributed by atoms with E-state index in [0.29, 0.717) is 5.82 Å². The highest BCUT2D eigenvalue weighted by atomic mass is 32.1. The molecular weight excluding hydrogens is 426 g/mol. The summed E-state index contributed by atoms with van der Waals surface area (Å²) < 4.78 is 17.8. The first-order valence-electron chi connectivity index (χ1n) is 10.3. The zero-order chi connectivity index (χ0) is 26.0. The van der Waals surface area contributed by atoms with E-state index < -0.39 is 31.4 Å². The average Bonchev–Trinajstić information content (AvgIpc) is 3.13. The van der Waals surface area contributed by atoms with Gasteiger partial charge in [-0.25, -0.2) is 4.39 Å². The van der Waals surface area contributed by atoms with Crippen molar-refractivity contribution in [2.45, 2.75) is 13.8 Å². The number of nitriles is 1. The predicted octanol–water partition coefficient (Wildman–Crippen LogP) is -0.758. The number of hydrogen-bond donors (Lipinski definition) is 1. The number of halogens is 1. The number of hydrogen-bond acceptors (Lipinski definition) is 4. The molecule has 2 aromatic carbocycles. The minimum Gasteiger partial charge on any atom is -0.382 e. The number of aryl methyl sites for hydroxylation is 2. The van der Waals surface area contributed by atoms with E-state index in [-0.39, 0.29) is 11.9 Å². The Kier molecular flexibility index (Phi) is 13.2. The Labute approximate surface area is 218 Å². The minimum absolute atomic E-state index is 0.111. The summed E-state index contributed by atoms with van der Waals surface area (Å²) in [5, 5.41) is 9.43. The minimum atomic E-state index is -0.695. The van der Waals surface area contributed by atoms with E-state index >= 15 is 0 Å². The van der Waals surface area contributed by atoms with Gasteiger partial charge in [-0.2, -0.15) is 9.64 Å². The fourth-order valence-corrected chi connectivity index (χ4v) is 3.76. The van der Waals surface area contributed by atoms with Crippen molar-refractivity contribution in [3.63, 3.8) is 0 Å². The second-order valence-electron chi connectivity index (χ2n) is 7.74. The summed E-state index contributed by atoms with van der Waals surface area (Å²) >= 11 is 1.45. The highest BCUT2D eigenvalue weighted by Crippen LogP contribution is 2.24. The van der Waals surface area contributed by atoms with Gasteiger partial charge >= 0.3 is 0 Å². The third kappa shape index (κ3) is 9.21. The first-order chi connectivity index (χ1) is 15.9. The fraction of sp³-hybridized carbons (Fsp3) is 0.125. The van der Waals surface area contributed by atoms with Crippen LogP contribution in [0.25, 0.3) is 10.1 Å². The third-order valence-corrected chi connectivity index (χ3v) is 5.74. The topological polar surface area (TPSA) is 62.7 Å². The molecule has 0 fully saturated rings. The zero-order valence-electron chi connectivity index (χ0n) is 19.2. The Balaban J connectivity index is 0.000000257. The summed E-state index contributed by atoms with van der Waals surface area (Å²) in [5.41, 5.74) is 7.88. The lowest BCUT2D eigenvalue weighted by atomic mass is 8.50. The van der Waals surface area contributed by atoms with Crippen LogP contribution in [-0.2, 0) is 0 Å². The summed E-state index contributed by atoms with van der Waals surface area (Å²) in [6.45, 7) is 3.87. The van der Waals surface area contributed by atoms with Gasteiger partial charge < -0.3 is 5.73 Å². The number of nitrogens with zero attached hydrogens (tertiary/aromatic N) is 2. The number of rotatable bonds is 5. The van der Waals surface area contributed by atoms with Crippen LogP contribution in [0.15, 0.2) is 36.4 Å². The summed E-state index contributed by atoms with van der Waals surface area (Å²) in [7, 11) is 39.5. The summed E-state index contributed by atoms with van der Waals surface area (Å²) in [6.07, 6.45) is -2.87. The molecule has 145 valence electrons. The normalized spacial score (nSPS) is 9.35. The summed E-state index contributed by atoms with van der Waals surface area (Å²) in [6, 6.07) is 12.4. The van der Waals surface area contributed by atoms with Crippen LogP contribution in [0, 0.1) is 31.0 Å². The van der Waals surface area contributed by atoms with E-state index in [1.165, 1.54) is 36.3 Å². The maximum Gasteiger partial charge on any atom is 0.144 e. The molecule has 18 heteroatoms. The Hall–Kier alpha value is -1.61. The lowest BCUT2D eigenvalue weighted by molar-refractivity contribution is 0.623. The van der Waals surface area contributed by atoms with Crippen LogP contribution >= 0.6 is 11.5 Å². The number of aromatic nitrogens is 1. The van der Waals surface area contributed by atoms with Crippen molar-refractivity contribution in [3.05, 3.63) is 58.9 Å². The Morgan fingerprint density at radius 1 is 0.971 bits per heavy atom. The lowest BCUT2D eigenvalue weighted by Crippen LogP contribution is -2.69. The molecule has 3 aromatic rings. The Bertz CT molecular complexity index is 1080. The molecule has 2 N–H and O–H groups in total. The number of nitrogens with two attached hydrogens (primary N) is 1. The molecule has 0 saturated carbocycles. The standard InChI is InChI=1S/C8H6FN.C8H8N2S.B13/c1-6-2-3-8(9)7(4-6)5-10;1-5-2-3-7-6(4-5)8(9)10-11-7;1-8-12(9(2)3)13(10(4)5)11(6)7/h2-4H,1H3;2-4H,1H3,(H2,9,10);. The quantitative estimate of drug-likeness (QED) is 0.532. The van der Waals surface area contributed by atoms with Crippen molar-refractivity contribution >= 4 is 121 Å². The molecule has 0 spiro atoms.